The highest BCUT2D eigenvalue weighted by Crippen LogP contribution is 2.50. The molecule has 2 N–H and O–H groups in total. The molecule has 3 saturated heterocycles. The van der Waals surface area contributed by atoms with Gasteiger partial charge in [0, 0.05) is 44.0 Å². The molecule has 9 nitrogen and oxygen atoms in total. The summed E-state index contributed by atoms with van der Waals surface area (Å²) < 4.78 is 57.4. The molecule has 0 bridgehead atoms. The van der Waals surface area contributed by atoms with Gasteiger partial charge >= 0.3 is 11.9 Å². The zero-order valence-electron chi connectivity index (χ0n) is 24.3. The summed E-state index contributed by atoms with van der Waals surface area (Å²) >= 11 is 0. The normalized spacial score (nSPS) is 31.5. The zero-order chi connectivity index (χ0) is 28.9. The number of methoxy groups -OCH3 is 1. The van der Waals surface area contributed by atoms with Gasteiger partial charge in [-0.25, -0.2) is 15.6 Å². The van der Waals surface area contributed by atoms with Gasteiger partial charge in [-0.05, 0) is 75.6 Å². The molecule has 4 aliphatic rings. The SMILES string of the molecule is COC1CC(n2cc3c(C(F)(F)F)cc(CN4CCC[C@H](C)C4)cn3c2=O)CC(C2(CC3NNCN3C)COC2)C1. The van der Waals surface area contributed by atoms with Crippen molar-refractivity contribution in [3.05, 3.63) is 40.1 Å². The lowest BCUT2D eigenvalue weighted by Crippen LogP contribution is -2.55. The summed E-state index contributed by atoms with van der Waals surface area (Å²) in [5.41, 5.74) is 5.72. The number of imidazole rings is 1. The number of halogens is 3. The van der Waals surface area contributed by atoms with Crippen LogP contribution in [0.1, 0.15) is 62.6 Å². The number of aromatic nitrogens is 2. The van der Waals surface area contributed by atoms with Crippen LogP contribution in [-0.4, -0.2) is 78.2 Å². The monoisotopic (exact) mass is 580 g/mol. The predicted octanol–water partition coefficient (Wildman–Crippen LogP) is 3.44. The largest absolute Gasteiger partial charge is 0.418 e. The highest BCUT2D eigenvalue weighted by molar-refractivity contribution is 5.56. The molecule has 6 rings (SSSR count). The molecule has 4 unspecified atom stereocenters. The summed E-state index contributed by atoms with van der Waals surface area (Å²) in [6.07, 6.45) is 3.73. The third-order valence-corrected chi connectivity index (χ3v) is 10.0. The number of nitrogens with zero attached hydrogens (tertiary/aromatic N) is 4. The van der Waals surface area contributed by atoms with Gasteiger partial charge in [-0.2, -0.15) is 13.2 Å². The third kappa shape index (κ3) is 5.71. The Balaban J connectivity index is 1.32. The van der Waals surface area contributed by atoms with Crippen molar-refractivity contribution in [3.63, 3.8) is 0 Å². The van der Waals surface area contributed by atoms with Crippen molar-refractivity contribution in [2.24, 2.45) is 17.3 Å². The van der Waals surface area contributed by atoms with Crippen LogP contribution in [0.4, 0.5) is 13.2 Å². The second-order valence-corrected chi connectivity index (χ2v) is 13.0. The van der Waals surface area contributed by atoms with Gasteiger partial charge in [0.1, 0.15) is 0 Å². The van der Waals surface area contributed by atoms with Gasteiger partial charge in [0.15, 0.2) is 0 Å². The van der Waals surface area contributed by atoms with Crippen LogP contribution in [0, 0.1) is 17.3 Å². The molecular weight excluding hydrogens is 537 g/mol. The number of rotatable bonds is 7. The maximum absolute atomic E-state index is 14.3. The second-order valence-electron chi connectivity index (χ2n) is 13.0. The van der Waals surface area contributed by atoms with Crippen LogP contribution in [0.3, 0.4) is 0 Å². The third-order valence-electron chi connectivity index (χ3n) is 10.0. The molecule has 0 spiro atoms. The molecule has 4 fully saturated rings. The van der Waals surface area contributed by atoms with E-state index >= 15 is 0 Å². The first kappa shape index (κ1) is 29.1. The van der Waals surface area contributed by atoms with E-state index in [2.05, 4.69) is 34.6 Å². The molecule has 2 aromatic rings. The van der Waals surface area contributed by atoms with Crippen molar-refractivity contribution in [2.75, 3.05) is 47.1 Å². The summed E-state index contributed by atoms with van der Waals surface area (Å²) in [5.74, 6) is 0.723. The maximum atomic E-state index is 14.3. The molecule has 5 atom stereocenters. The lowest BCUT2D eigenvalue weighted by atomic mass is 9.63. The fraction of sp³-hybridized carbons (Fsp3) is 0.759. The Morgan fingerprint density at radius 3 is 2.63 bits per heavy atom. The molecule has 0 amide bonds. The number of pyridine rings is 1. The van der Waals surface area contributed by atoms with Crippen molar-refractivity contribution in [1.82, 2.24) is 29.6 Å². The molecule has 2 aromatic heterocycles. The number of nitrogens with one attached hydrogen (secondary N) is 2. The van der Waals surface area contributed by atoms with E-state index in [0.29, 0.717) is 44.1 Å². The fourth-order valence-corrected chi connectivity index (χ4v) is 7.67. The van der Waals surface area contributed by atoms with Gasteiger partial charge in [-0.1, -0.05) is 6.92 Å². The quantitative estimate of drug-likeness (QED) is 0.520. The molecule has 41 heavy (non-hydrogen) atoms. The number of alkyl halides is 3. The number of piperidine rings is 1. The smallest absolute Gasteiger partial charge is 0.381 e. The minimum Gasteiger partial charge on any atom is -0.381 e. The number of hydrogen-bond acceptors (Lipinski definition) is 7. The van der Waals surface area contributed by atoms with E-state index in [9.17, 15) is 18.0 Å². The summed E-state index contributed by atoms with van der Waals surface area (Å²) in [7, 11) is 3.75. The van der Waals surface area contributed by atoms with Crippen LogP contribution in [0.5, 0.6) is 0 Å². The lowest BCUT2D eigenvalue weighted by Gasteiger charge is -2.52. The lowest BCUT2D eigenvalue weighted by molar-refractivity contribution is -0.175. The molecule has 12 heteroatoms. The van der Waals surface area contributed by atoms with Crippen LogP contribution in [0.25, 0.3) is 5.52 Å². The summed E-state index contributed by atoms with van der Waals surface area (Å²) in [5, 5.41) is 0. The van der Waals surface area contributed by atoms with E-state index in [1.807, 2.05) is 0 Å². The number of fused-ring (bicyclic) bond motifs is 1. The van der Waals surface area contributed by atoms with Crippen molar-refractivity contribution in [2.45, 2.75) is 76.5 Å². The van der Waals surface area contributed by atoms with Crippen LogP contribution in [0.2, 0.25) is 0 Å². The van der Waals surface area contributed by atoms with Gasteiger partial charge in [0.25, 0.3) is 0 Å². The Morgan fingerprint density at radius 2 is 2.00 bits per heavy atom. The van der Waals surface area contributed by atoms with Crippen LogP contribution < -0.4 is 16.5 Å². The van der Waals surface area contributed by atoms with E-state index in [1.54, 1.807) is 17.9 Å². The molecule has 3 aliphatic heterocycles. The fourth-order valence-electron chi connectivity index (χ4n) is 7.67. The van der Waals surface area contributed by atoms with E-state index in [0.717, 1.165) is 45.4 Å². The van der Waals surface area contributed by atoms with Crippen LogP contribution in [0.15, 0.2) is 23.3 Å². The molecule has 1 saturated carbocycles. The summed E-state index contributed by atoms with van der Waals surface area (Å²) in [6.45, 7) is 6.30. The minimum absolute atomic E-state index is 0.0773. The van der Waals surface area contributed by atoms with Crippen molar-refractivity contribution >= 4 is 5.52 Å². The Hall–Kier alpha value is -1.96. The second kappa shape index (κ2) is 11.3. The number of hydrazine groups is 1. The molecular formula is C29H43F3N6O3. The Bertz CT molecular complexity index is 1290. The summed E-state index contributed by atoms with van der Waals surface area (Å²) in [6, 6.07) is 0.975. The zero-order valence-corrected chi connectivity index (χ0v) is 24.3. The standard InChI is InChI=1S/C29H43F3N6O3/c1-19-5-4-6-36(12-19)13-20-7-24(29(30,31)32)25-15-37(27(39)38(25)14-20)22-8-21(9-23(10-22)40-3)28(16-41-17-28)11-26-34-33-18-35(26)2/h7,14-15,19,21-23,26,33-34H,4-6,8-13,16-18H2,1-3H3/t19-,21?,22?,23?,26?/m0/s1. The van der Waals surface area contributed by atoms with Crippen LogP contribution in [-0.2, 0) is 22.2 Å². The van der Waals surface area contributed by atoms with Gasteiger partial charge in [0.2, 0.25) is 0 Å². The minimum atomic E-state index is -4.57. The number of hydrogen-bond donors (Lipinski definition) is 2. The van der Waals surface area contributed by atoms with Crippen molar-refractivity contribution in [1.29, 1.82) is 0 Å². The first-order chi connectivity index (χ1) is 19.6. The number of likely N-dealkylation sites (tertiary alicyclic amines) is 1. The van der Waals surface area contributed by atoms with Crippen molar-refractivity contribution < 1.29 is 22.6 Å². The topological polar surface area (TPSA) is 75.4 Å². The van der Waals surface area contributed by atoms with E-state index in [-0.39, 0.29) is 35.2 Å². The predicted molar refractivity (Wildman–Crippen MR) is 148 cm³/mol. The van der Waals surface area contributed by atoms with E-state index < -0.39 is 17.4 Å². The molecule has 5 heterocycles. The Labute approximate surface area is 238 Å². The van der Waals surface area contributed by atoms with E-state index in [4.69, 9.17) is 9.47 Å². The average Bonchev–Trinajstić information content (AvgIpc) is 3.47. The molecule has 0 aromatic carbocycles. The van der Waals surface area contributed by atoms with Gasteiger partial charge < -0.3 is 9.47 Å². The first-order valence-electron chi connectivity index (χ1n) is 14.9. The first-order valence-corrected chi connectivity index (χ1v) is 14.9. The average molecular weight is 581 g/mol. The van der Waals surface area contributed by atoms with Gasteiger partial charge in [-0.3, -0.25) is 18.8 Å². The Morgan fingerprint density at radius 1 is 1.20 bits per heavy atom. The molecule has 0 radical (unpaired) electrons. The summed E-state index contributed by atoms with van der Waals surface area (Å²) in [4.78, 5) is 18.2. The number of ether oxygens (including phenoxy) is 2. The maximum Gasteiger partial charge on any atom is 0.418 e. The van der Waals surface area contributed by atoms with Crippen LogP contribution >= 0.6 is 0 Å². The Kier molecular flexibility index (Phi) is 8.01. The molecule has 228 valence electrons. The van der Waals surface area contributed by atoms with Crippen molar-refractivity contribution in [3.8, 4) is 0 Å². The van der Waals surface area contributed by atoms with Gasteiger partial charge in [-0.15, -0.1) is 0 Å². The highest BCUT2D eigenvalue weighted by atomic mass is 19.4. The van der Waals surface area contributed by atoms with E-state index in [1.165, 1.54) is 16.7 Å². The highest BCUT2D eigenvalue weighted by Gasteiger charge is 2.51. The molecule has 1 aliphatic carbocycles. The van der Waals surface area contributed by atoms with Gasteiger partial charge in [0.05, 0.1) is 43.2 Å².